The Balaban J connectivity index is 1.42. The third kappa shape index (κ3) is 3.97. The predicted octanol–water partition coefficient (Wildman–Crippen LogP) is 2.82. The Morgan fingerprint density at radius 2 is 2.18 bits per heavy atom. The van der Waals surface area contributed by atoms with Crippen LogP contribution in [0.3, 0.4) is 0 Å². The van der Waals surface area contributed by atoms with Crippen molar-refractivity contribution in [2.75, 3.05) is 13.2 Å². The standard InChI is InChI=1S/C18H23NO3/c20-15(12-21-13-16-7-4-10-22-16)11-19-18-9-3-6-14-5-1-2-8-17(14)18/h1-2,4-5,7-8,10,15,18-20H,3,6,9,11-13H2/t15-,18+/m1/s1. The van der Waals surface area contributed by atoms with Crippen molar-refractivity contribution < 1.29 is 14.3 Å². The van der Waals surface area contributed by atoms with Gasteiger partial charge in [0.2, 0.25) is 0 Å². The molecule has 0 unspecified atom stereocenters. The van der Waals surface area contributed by atoms with Gasteiger partial charge in [0.1, 0.15) is 12.4 Å². The third-order valence-electron chi connectivity index (χ3n) is 4.10. The lowest BCUT2D eigenvalue weighted by Gasteiger charge is -2.27. The zero-order valence-electron chi connectivity index (χ0n) is 12.7. The molecule has 0 radical (unpaired) electrons. The van der Waals surface area contributed by atoms with Crippen molar-refractivity contribution in [1.82, 2.24) is 5.32 Å². The summed E-state index contributed by atoms with van der Waals surface area (Å²) in [5.74, 6) is 0.779. The van der Waals surface area contributed by atoms with E-state index < -0.39 is 6.10 Å². The molecule has 0 bridgehead atoms. The molecule has 1 aliphatic carbocycles. The second-order valence-electron chi connectivity index (χ2n) is 5.80. The zero-order chi connectivity index (χ0) is 15.2. The zero-order valence-corrected chi connectivity index (χ0v) is 12.7. The van der Waals surface area contributed by atoms with E-state index in [1.165, 1.54) is 17.5 Å². The minimum atomic E-state index is -0.510. The Kier molecular flexibility index (Phi) is 5.27. The van der Waals surface area contributed by atoms with Gasteiger partial charge in [0.25, 0.3) is 0 Å². The van der Waals surface area contributed by atoms with Gasteiger partial charge in [-0.3, -0.25) is 0 Å². The molecular formula is C18H23NO3. The first kappa shape index (κ1) is 15.3. The van der Waals surface area contributed by atoms with E-state index in [0.717, 1.165) is 18.6 Å². The Hall–Kier alpha value is -1.62. The number of hydrogen-bond donors (Lipinski definition) is 2. The first-order chi connectivity index (χ1) is 10.8. The van der Waals surface area contributed by atoms with Gasteiger partial charge in [-0.2, -0.15) is 0 Å². The molecule has 4 nitrogen and oxygen atoms in total. The Morgan fingerprint density at radius 1 is 1.27 bits per heavy atom. The molecule has 0 amide bonds. The molecule has 1 aromatic heterocycles. The molecule has 1 aliphatic rings. The molecule has 0 fully saturated rings. The molecule has 2 N–H and O–H groups in total. The Bertz CT molecular complexity index is 567. The average molecular weight is 301 g/mol. The second-order valence-corrected chi connectivity index (χ2v) is 5.80. The monoisotopic (exact) mass is 301 g/mol. The van der Waals surface area contributed by atoms with Gasteiger partial charge >= 0.3 is 0 Å². The summed E-state index contributed by atoms with van der Waals surface area (Å²) in [6, 6.07) is 12.6. The van der Waals surface area contributed by atoms with Gasteiger partial charge < -0.3 is 19.6 Å². The van der Waals surface area contributed by atoms with Crippen molar-refractivity contribution in [2.24, 2.45) is 0 Å². The summed E-state index contributed by atoms with van der Waals surface area (Å²) >= 11 is 0. The number of benzene rings is 1. The minimum absolute atomic E-state index is 0.308. The largest absolute Gasteiger partial charge is 0.467 e. The quantitative estimate of drug-likeness (QED) is 0.825. The molecule has 4 heteroatoms. The Morgan fingerprint density at radius 3 is 3.05 bits per heavy atom. The van der Waals surface area contributed by atoms with Crippen molar-refractivity contribution in [3.63, 3.8) is 0 Å². The van der Waals surface area contributed by atoms with Gasteiger partial charge in [0.15, 0.2) is 0 Å². The fourth-order valence-corrected chi connectivity index (χ4v) is 2.99. The molecular weight excluding hydrogens is 278 g/mol. The van der Waals surface area contributed by atoms with Gasteiger partial charge in [0, 0.05) is 12.6 Å². The van der Waals surface area contributed by atoms with Crippen LogP contribution in [-0.2, 0) is 17.8 Å². The van der Waals surface area contributed by atoms with Crippen molar-refractivity contribution in [3.8, 4) is 0 Å². The summed E-state index contributed by atoms with van der Waals surface area (Å²) in [4.78, 5) is 0. The van der Waals surface area contributed by atoms with Crippen LogP contribution < -0.4 is 5.32 Å². The van der Waals surface area contributed by atoms with Gasteiger partial charge in [-0.05, 0) is 42.5 Å². The summed E-state index contributed by atoms with van der Waals surface area (Å²) in [6.45, 7) is 1.25. The molecule has 1 heterocycles. The lowest BCUT2D eigenvalue weighted by atomic mass is 9.88. The highest BCUT2D eigenvalue weighted by Gasteiger charge is 2.19. The number of fused-ring (bicyclic) bond motifs is 1. The highest BCUT2D eigenvalue weighted by molar-refractivity contribution is 5.32. The number of aryl methyl sites for hydroxylation is 1. The molecule has 118 valence electrons. The van der Waals surface area contributed by atoms with Crippen molar-refractivity contribution in [2.45, 2.75) is 38.0 Å². The van der Waals surface area contributed by atoms with E-state index in [2.05, 4.69) is 29.6 Å². The van der Waals surface area contributed by atoms with Gasteiger partial charge in [-0.1, -0.05) is 24.3 Å². The summed E-state index contributed by atoms with van der Waals surface area (Å²) in [5, 5.41) is 13.5. The smallest absolute Gasteiger partial charge is 0.129 e. The molecule has 1 aromatic carbocycles. The maximum atomic E-state index is 10.0. The van der Waals surface area contributed by atoms with Crippen molar-refractivity contribution >= 4 is 0 Å². The van der Waals surface area contributed by atoms with Gasteiger partial charge in [-0.25, -0.2) is 0 Å². The highest BCUT2D eigenvalue weighted by Crippen LogP contribution is 2.29. The number of furan rings is 1. The number of rotatable bonds is 7. The fourth-order valence-electron chi connectivity index (χ4n) is 2.99. The lowest BCUT2D eigenvalue weighted by molar-refractivity contribution is 0.0213. The van der Waals surface area contributed by atoms with Crippen LogP contribution in [-0.4, -0.2) is 24.4 Å². The van der Waals surface area contributed by atoms with E-state index in [1.807, 2.05) is 12.1 Å². The summed E-state index contributed by atoms with van der Waals surface area (Å²) in [7, 11) is 0. The summed E-state index contributed by atoms with van der Waals surface area (Å²) < 4.78 is 10.7. The molecule has 0 aliphatic heterocycles. The van der Waals surface area contributed by atoms with Crippen LogP contribution in [0.1, 0.15) is 35.8 Å². The van der Waals surface area contributed by atoms with Crippen LogP contribution in [0, 0.1) is 0 Å². The number of hydrogen-bond acceptors (Lipinski definition) is 4. The van der Waals surface area contributed by atoms with Crippen LogP contribution in [0.2, 0.25) is 0 Å². The SMILES string of the molecule is O[C@H](CN[C@H]1CCCc2ccccc21)COCc1ccco1. The van der Waals surface area contributed by atoms with E-state index in [4.69, 9.17) is 9.15 Å². The topological polar surface area (TPSA) is 54.6 Å². The molecule has 0 saturated heterocycles. The highest BCUT2D eigenvalue weighted by atomic mass is 16.5. The third-order valence-corrected chi connectivity index (χ3v) is 4.10. The fraction of sp³-hybridized carbons (Fsp3) is 0.444. The average Bonchev–Trinajstić information content (AvgIpc) is 3.06. The number of ether oxygens (including phenoxy) is 1. The van der Waals surface area contributed by atoms with Crippen LogP contribution >= 0.6 is 0 Å². The first-order valence-electron chi connectivity index (χ1n) is 7.92. The number of aliphatic hydroxyl groups excluding tert-OH is 1. The number of nitrogens with one attached hydrogen (secondary N) is 1. The van der Waals surface area contributed by atoms with Crippen LogP contribution in [0.25, 0.3) is 0 Å². The summed E-state index contributed by atoms with van der Waals surface area (Å²) in [6.07, 6.45) is 4.58. The Labute approximate surface area is 131 Å². The van der Waals surface area contributed by atoms with E-state index >= 15 is 0 Å². The normalized spacial score (nSPS) is 18.9. The van der Waals surface area contributed by atoms with E-state index in [1.54, 1.807) is 6.26 Å². The van der Waals surface area contributed by atoms with E-state index in [9.17, 15) is 5.11 Å². The van der Waals surface area contributed by atoms with Crippen LogP contribution in [0.4, 0.5) is 0 Å². The van der Waals surface area contributed by atoms with E-state index in [-0.39, 0.29) is 0 Å². The molecule has 22 heavy (non-hydrogen) atoms. The maximum Gasteiger partial charge on any atom is 0.129 e. The number of aliphatic hydroxyl groups is 1. The molecule has 2 aromatic rings. The second kappa shape index (κ2) is 7.58. The molecule has 0 spiro atoms. The summed E-state index contributed by atoms with van der Waals surface area (Å²) in [5.41, 5.74) is 2.80. The lowest BCUT2D eigenvalue weighted by Crippen LogP contribution is -2.34. The first-order valence-corrected chi connectivity index (χ1v) is 7.92. The van der Waals surface area contributed by atoms with Crippen molar-refractivity contribution in [1.29, 1.82) is 0 Å². The van der Waals surface area contributed by atoms with Crippen LogP contribution in [0.15, 0.2) is 47.1 Å². The van der Waals surface area contributed by atoms with Crippen molar-refractivity contribution in [3.05, 3.63) is 59.5 Å². The van der Waals surface area contributed by atoms with Crippen LogP contribution in [0.5, 0.6) is 0 Å². The predicted molar refractivity (Wildman–Crippen MR) is 84.5 cm³/mol. The molecule has 3 rings (SSSR count). The van der Waals surface area contributed by atoms with Gasteiger partial charge in [-0.15, -0.1) is 0 Å². The minimum Gasteiger partial charge on any atom is -0.467 e. The van der Waals surface area contributed by atoms with Gasteiger partial charge in [0.05, 0.1) is 19.0 Å². The molecule has 2 atom stereocenters. The molecule has 0 saturated carbocycles. The van der Waals surface area contributed by atoms with E-state index in [0.29, 0.717) is 25.8 Å². The maximum absolute atomic E-state index is 10.0.